The first-order chi connectivity index (χ1) is 27.3. The van der Waals surface area contributed by atoms with Crippen LogP contribution < -0.4 is 4.90 Å². The fourth-order valence-corrected chi connectivity index (χ4v) is 8.31. The number of rotatable bonds is 6. The Balaban J connectivity index is 1.10. The monoisotopic (exact) mass is 703 g/mol. The Morgan fingerprint density at radius 1 is 0.309 bits per heavy atom. The number of anilines is 3. The molecule has 0 atom stereocenters. The molecular weight excluding hydrogens is 671 g/mol. The van der Waals surface area contributed by atoms with Crippen molar-refractivity contribution in [3.05, 3.63) is 200 Å². The third-order valence-electron chi connectivity index (χ3n) is 10.9. The molecule has 0 unspecified atom stereocenters. The van der Waals surface area contributed by atoms with E-state index in [1.165, 1.54) is 27.5 Å². The van der Waals surface area contributed by atoms with Gasteiger partial charge in [0.1, 0.15) is 22.3 Å². The van der Waals surface area contributed by atoms with E-state index in [4.69, 9.17) is 8.83 Å². The van der Waals surface area contributed by atoms with Crippen LogP contribution in [0.4, 0.5) is 17.1 Å². The quantitative estimate of drug-likeness (QED) is 0.173. The SMILES string of the molecule is c1ccc(-c2cccc3cccc(-c4ccccc4N(c4ccc(-c5ccc6c(c5)oc5ccccc56)cc4)c4ccc5oc6ccccc6c5c4)c23)cc1. The lowest BCUT2D eigenvalue weighted by Crippen LogP contribution is -2.11. The van der Waals surface area contributed by atoms with Crippen LogP contribution in [0.1, 0.15) is 0 Å². The lowest BCUT2D eigenvalue weighted by Gasteiger charge is -2.28. The Hall–Kier alpha value is -7.36. The van der Waals surface area contributed by atoms with Crippen LogP contribution in [0, 0.1) is 0 Å². The summed E-state index contributed by atoms with van der Waals surface area (Å²) in [7, 11) is 0. The maximum Gasteiger partial charge on any atom is 0.136 e. The first-order valence-corrected chi connectivity index (χ1v) is 18.7. The van der Waals surface area contributed by atoms with Crippen LogP contribution >= 0.6 is 0 Å². The van der Waals surface area contributed by atoms with Gasteiger partial charge in [-0.2, -0.15) is 0 Å². The molecule has 0 saturated heterocycles. The molecular formula is C52H33NO2. The van der Waals surface area contributed by atoms with E-state index in [1.54, 1.807) is 0 Å². The molecule has 0 bridgehead atoms. The molecule has 9 aromatic carbocycles. The van der Waals surface area contributed by atoms with Crippen molar-refractivity contribution in [3.63, 3.8) is 0 Å². The fourth-order valence-electron chi connectivity index (χ4n) is 8.31. The predicted molar refractivity (Wildman–Crippen MR) is 229 cm³/mol. The highest BCUT2D eigenvalue weighted by atomic mass is 16.3. The molecule has 55 heavy (non-hydrogen) atoms. The highest BCUT2D eigenvalue weighted by Gasteiger charge is 2.21. The van der Waals surface area contributed by atoms with Crippen molar-refractivity contribution >= 4 is 71.7 Å². The Kier molecular flexibility index (Phi) is 7.17. The van der Waals surface area contributed by atoms with Crippen molar-refractivity contribution in [2.75, 3.05) is 4.90 Å². The largest absolute Gasteiger partial charge is 0.456 e. The maximum absolute atomic E-state index is 6.28. The van der Waals surface area contributed by atoms with Gasteiger partial charge in [-0.05, 0) is 99.3 Å². The van der Waals surface area contributed by atoms with Crippen LogP contribution in [0.2, 0.25) is 0 Å². The molecule has 258 valence electrons. The van der Waals surface area contributed by atoms with Gasteiger partial charge in [-0.25, -0.2) is 0 Å². The first kappa shape index (κ1) is 31.2. The molecule has 2 aromatic heterocycles. The third-order valence-corrected chi connectivity index (χ3v) is 10.9. The molecule has 0 amide bonds. The summed E-state index contributed by atoms with van der Waals surface area (Å²) in [6.07, 6.45) is 0. The van der Waals surface area contributed by atoms with Gasteiger partial charge in [0.2, 0.25) is 0 Å². The van der Waals surface area contributed by atoms with Gasteiger partial charge in [0.05, 0.1) is 5.69 Å². The highest BCUT2D eigenvalue weighted by Crippen LogP contribution is 2.46. The average Bonchev–Trinajstić information content (AvgIpc) is 3.82. The van der Waals surface area contributed by atoms with Gasteiger partial charge in [0.25, 0.3) is 0 Å². The number of para-hydroxylation sites is 3. The lowest BCUT2D eigenvalue weighted by atomic mass is 9.90. The minimum absolute atomic E-state index is 0.871. The molecule has 0 fully saturated rings. The number of hydrogen-bond acceptors (Lipinski definition) is 3. The summed E-state index contributed by atoms with van der Waals surface area (Å²) < 4.78 is 12.5. The molecule has 0 spiro atoms. The fraction of sp³-hybridized carbons (Fsp3) is 0. The minimum Gasteiger partial charge on any atom is -0.456 e. The van der Waals surface area contributed by atoms with Crippen LogP contribution in [-0.4, -0.2) is 0 Å². The molecule has 0 radical (unpaired) electrons. The first-order valence-electron chi connectivity index (χ1n) is 18.7. The molecule has 2 heterocycles. The van der Waals surface area contributed by atoms with E-state index in [1.807, 2.05) is 24.3 Å². The number of nitrogens with zero attached hydrogens (tertiary/aromatic N) is 1. The van der Waals surface area contributed by atoms with Crippen LogP contribution in [0.5, 0.6) is 0 Å². The molecule has 0 aliphatic rings. The predicted octanol–water partition coefficient (Wildman–Crippen LogP) is 15.1. The summed E-state index contributed by atoms with van der Waals surface area (Å²) in [6.45, 7) is 0. The minimum atomic E-state index is 0.871. The Morgan fingerprint density at radius 2 is 0.891 bits per heavy atom. The smallest absolute Gasteiger partial charge is 0.136 e. The van der Waals surface area contributed by atoms with Gasteiger partial charge >= 0.3 is 0 Å². The Bertz CT molecular complexity index is 3200. The molecule has 11 aromatic rings. The molecule has 11 rings (SSSR count). The van der Waals surface area contributed by atoms with Gasteiger partial charge in [-0.1, -0.05) is 140 Å². The summed E-state index contributed by atoms with van der Waals surface area (Å²) >= 11 is 0. The number of furan rings is 2. The van der Waals surface area contributed by atoms with E-state index in [2.05, 4.69) is 181 Å². The van der Waals surface area contributed by atoms with E-state index in [0.29, 0.717) is 0 Å². The van der Waals surface area contributed by atoms with Gasteiger partial charge in [0.15, 0.2) is 0 Å². The van der Waals surface area contributed by atoms with E-state index in [0.717, 1.165) is 77.6 Å². The van der Waals surface area contributed by atoms with E-state index in [9.17, 15) is 0 Å². The van der Waals surface area contributed by atoms with Gasteiger partial charge in [-0.15, -0.1) is 0 Å². The zero-order chi connectivity index (χ0) is 36.3. The summed E-state index contributed by atoms with van der Waals surface area (Å²) in [5, 5.41) is 6.89. The topological polar surface area (TPSA) is 29.5 Å². The average molecular weight is 704 g/mol. The van der Waals surface area contributed by atoms with Crippen molar-refractivity contribution < 1.29 is 8.83 Å². The second kappa shape index (κ2) is 12.6. The Labute approximate surface area is 317 Å². The normalized spacial score (nSPS) is 11.6. The van der Waals surface area contributed by atoms with Gasteiger partial charge in [-0.3, -0.25) is 0 Å². The van der Waals surface area contributed by atoms with Gasteiger partial charge < -0.3 is 13.7 Å². The number of benzene rings is 9. The molecule has 0 aliphatic carbocycles. The van der Waals surface area contributed by atoms with E-state index in [-0.39, 0.29) is 0 Å². The van der Waals surface area contributed by atoms with Crippen molar-refractivity contribution in [2.45, 2.75) is 0 Å². The molecule has 0 N–H and O–H groups in total. The number of hydrogen-bond donors (Lipinski definition) is 0. The van der Waals surface area contributed by atoms with Crippen molar-refractivity contribution in [3.8, 4) is 33.4 Å². The zero-order valence-electron chi connectivity index (χ0n) is 29.8. The Morgan fingerprint density at radius 3 is 1.69 bits per heavy atom. The van der Waals surface area contributed by atoms with E-state index >= 15 is 0 Å². The van der Waals surface area contributed by atoms with Crippen LogP contribution in [0.15, 0.2) is 209 Å². The molecule has 0 saturated carbocycles. The van der Waals surface area contributed by atoms with Crippen molar-refractivity contribution in [2.24, 2.45) is 0 Å². The van der Waals surface area contributed by atoms with Gasteiger partial charge in [0, 0.05) is 38.5 Å². The van der Waals surface area contributed by atoms with Crippen LogP contribution in [-0.2, 0) is 0 Å². The standard InChI is InChI=1S/C52H33NO2/c1-2-12-35(13-3-1)40-19-10-14-36-15-11-20-45(52(36)40)41-16-4-7-21-47(41)53(39-29-31-50-46(33-39)43-18-6-9-23-49(43)54-50)38-27-24-34(25-28-38)37-26-30-44-42-17-5-8-22-48(42)55-51(44)32-37/h1-33H. The maximum atomic E-state index is 6.28. The summed E-state index contributed by atoms with van der Waals surface area (Å²) in [4.78, 5) is 2.38. The summed E-state index contributed by atoms with van der Waals surface area (Å²) in [5.41, 5.74) is 13.7. The summed E-state index contributed by atoms with van der Waals surface area (Å²) in [6, 6.07) is 71.1. The number of fused-ring (bicyclic) bond motifs is 7. The van der Waals surface area contributed by atoms with Crippen molar-refractivity contribution in [1.82, 2.24) is 0 Å². The third kappa shape index (κ3) is 5.20. The zero-order valence-corrected chi connectivity index (χ0v) is 29.8. The second-order valence-electron chi connectivity index (χ2n) is 14.1. The van der Waals surface area contributed by atoms with Crippen LogP contribution in [0.3, 0.4) is 0 Å². The highest BCUT2D eigenvalue weighted by molar-refractivity contribution is 6.10. The van der Waals surface area contributed by atoms with E-state index < -0.39 is 0 Å². The lowest BCUT2D eigenvalue weighted by molar-refractivity contribution is 0.668. The van der Waals surface area contributed by atoms with Crippen molar-refractivity contribution in [1.29, 1.82) is 0 Å². The summed E-state index contributed by atoms with van der Waals surface area (Å²) in [5.74, 6) is 0. The molecule has 3 heteroatoms. The second-order valence-corrected chi connectivity index (χ2v) is 14.1. The molecule has 3 nitrogen and oxygen atoms in total. The molecule has 0 aliphatic heterocycles. The van der Waals surface area contributed by atoms with Crippen LogP contribution in [0.25, 0.3) is 88.0 Å².